The third-order valence-corrected chi connectivity index (χ3v) is 6.42. The molecule has 0 amide bonds. The molecule has 3 N–H and O–H groups in total. The molecule has 2 unspecified atom stereocenters. The van der Waals surface area contributed by atoms with E-state index in [9.17, 15) is 16.8 Å². The standard InChI is InChI=1S/C13H20N2O4S2/c1-20(16,17)13-4-2-3-12(13)15-9-10-5-7-11(8-6-10)21(14,18)19/h5-8,12-13,15H,2-4,9H2,1H3,(H2,14,18,19). The summed E-state index contributed by atoms with van der Waals surface area (Å²) in [5.41, 5.74) is 0.890. The molecule has 118 valence electrons. The fourth-order valence-corrected chi connectivity index (χ4v) is 4.66. The summed E-state index contributed by atoms with van der Waals surface area (Å²) >= 11 is 0. The van der Waals surface area contributed by atoms with Crippen LogP contribution in [0.15, 0.2) is 29.2 Å². The Labute approximate surface area is 125 Å². The van der Waals surface area contributed by atoms with Gasteiger partial charge in [-0.2, -0.15) is 0 Å². The summed E-state index contributed by atoms with van der Waals surface area (Å²) in [4.78, 5) is 0.0705. The molecule has 1 aromatic carbocycles. The third-order valence-electron chi connectivity index (χ3n) is 3.82. The predicted octanol–water partition coefficient (Wildman–Crippen LogP) is 0.389. The van der Waals surface area contributed by atoms with Gasteiger partial charge in [0, 0.05) is 18.8 Å². The smallest absolute Gasteiger partial charge is 0.238 e. The zero-order valence-electron chi connectivity index (χ0n) is 11.8. The summed E-state index contributed by atoms with van der Waals surface area (Å²) in [6, 6.07) is 6.22. The van der Waals surface area contributed by atoms with Crippen LogP contribution in [0, 0.1) is 0 Å². The number of hydrogen-bond donors (Lipinski definition) is 2. The summed E-state index contributed by atoms with van der Waals surface area (Å²) < 4.78 is 45.7. The monoisotopic (exact) mass is 332 g/mol. The molecule has 0 radical (unpaired) electrons. The highest BCUT2D eigenvalue weighted by Crippen LogP contribution is 2.25. The fourth-order valence-electron chi connectivity index (χ4n) is 2.72. The Morgan fingerprint density at radius 2 is 1.76 bits per heavy atom. The molecule has 0 heterocycles. The fraction of sp³-hybridized carbons (Fsp3) is 0.538. The number of benzene rings is 1. The maximum absolute atomic E-state index is 11.7. The molecule has 1 aliphatic rings. The van der Waals surface area contributed by atoms with Crippen molar-refractivity contribution in [1.82, 2.24) is 5.32 Å². The Morgan fingerprint density at radius 3 is 2.29 bits per heavy atom. The van der Waals surface area contributed by atoms with Crippen molar-refractivity contribution in [3.63, 3.8) is 0 Å². The number of hydrogen-bond acceptors (Lipinski definition) is 5. The lowest BCUT2D eigenvalue weighted by Crippen LogP contribution is -2.39. The summed E-state index contributed by atoms with van der Waals surface area (Å²) in [5.74, 6) is 0. The van der Waals surface area contributed by atoms with Gasteiger partial charge in [-0.05, 0) is 30.5 Å². The molecular weight excluding hydrogens is 312 g/mol. The van der Waals surface area contributed by atoms with Gasteiger partial charge in [0.25, 0.3) is 0 Å². The maximum Gasteiger partial charge on any atom is 0.238 e. The van der Waals surface area contributed by atoms with E-state index in [1.807, 2.05) is 0 Å². The number of sulfonamides is 1. The summed E-state index contributed by atoms with van der Waals surface area (Å²) in [5, 5.41) is 7.96. The minimum atomic E-state index is -3.68. The van der Waals surface area contributed by atoms with Crippen LogP contribution in [-0.2, 0) is 26.4 Å². The summed E-state index contributed by atoms with van der Waals surface area (Å²) in [7, 11) is -6.72. The van der Waals surface area contributed by atoms with E-state index in [-0.39, 0.29) is 16.2 Å². The first-order valence-electron chi connectivity index (χ1n) is 6.72. The lowest BCUT2D eigenvalue weighted by atomic mass is 10.2. The molecule has 1 fully saturated rings. The first-order valence-corrected chi connectivity index (χ1v) is 10.2. The van der Waals surface area contributed by atoms with E-state index in [2.05, 4.69) is 5.32 Å². The van der Waals surface area contributed by atoms with Gasteiger partial charge in [0.2, 0.25) is 10.0 Å². The molecule has 6 nitrogen and oxygen atoms in total. The van der Waals surface area contributed by atoms with E-state index in [4.69, 9.17) is 5.14 Å². The molecule has 0 spiro atoms. The Morgan fingerprint density at radius 1 is 1.14 bits per heavy atom. The van der Waals surface area contributed by atoms with Gasteiger partial charge in [0.05, 0.1) is 10.1 Å². The van der Waals surface area contributed by atoms with Crippen molar-refractivity contribution in [3.05, 3.63) is 29.8 Å². The average Bonchev–Trinajstić information content (AvgIpc) is 2.84. The average molecular weight is 332 g/mol. The van der Waals surface area contributed by atoms with E-state index in [1.165, 1.54) is 18.4 Å². The topological polar surface area (TPSA) is 106 Å². The molecular formula is C13H20N2O4S2. The normalized spacial score (nSPS) is 23.3. The van der Waals surface area contributed by atoms with Crippen LogP contribution in [0.1, 0.15) is 24.8 Å². The van der Waals surface area contributed by atoms with Gasteiger partial charge >= 0.3 is 0 Å². The molecule has 2 atom stereocenters. The van der Waals surface area contributed by atoms with E-state index < -0.39 is 19.9 Å². The molecule has 0 aliphatic heterocycles. The number of rotatable bonds is 5. The highest BCUT2D eigenvalue weighted by Gasteiger charge is 2.34. The van der Waals surface area contributed by atoms with Gasteiger partial charge in [-0.25, -0.2) is 22.0 Å². The van der Waals surface area contributed by atoms with Crippen LogP contribution in [0.4, 0.5) is 0 Å². The van der Waals surface area contributed by atoms with Crippen molar-refractivity contribution in [2.24, 2.45) is 5.14 Å². The van der Waals surface area contributed by atoms with E-state index in [0.29, 0.717) is 13.0 Å². The second kappa shape index (κ2) is 6.04. The van der Waals surface area contributed by atoms with Gasteiger partial charge in [-0.3, -0.25) is 0 Å². The predicted molar refractivity (Wildman–Crippen MR) is 80.9 cm³/mol. The zero-order valence-corrected chi connectivity index (χ0v) is 13.5. The summed E-state index contributed by atoms with van der Waals surface area (Å²) in [6.07, 6.45) is 3.71. The third kappa shape index (κ3) is 4.26. The second-order valence-corrected chi connectivity index (χ2v) is 9.30. The van der Waals surface area contributed by atoms with Crippen LogP contribution >= 0.6 is 0 Å². The van der Waals surface area contributed by atoms with Crippen LogP contribution in [0.5, 0.6) is 0 Å². The van der Waals surface area contributed by atoms with Gasteiger partial charge in [-0.1, -0.05) is 18.6 Å². The summed E-state index contributed by atoms with van der Waals surface area (Å²) in [6.45, 7) is 0.502. The largest absolute Gasteiger partial charge is 0.309 e. The van der Waals surface area contributed by atoms with E-state index in [1.54, 1.807) is 12.1 Å². The second-order valence-electron chi connectivity index (χ2n) is 5.48. The van der Waals surface area contributed by atoms with Crippen molar-refractivity contribution >= 4 is 19.9 Å². The highest BCUT2D eigenvalue weighted by molar-refractivity contribution is 7.91. The number of sulfone groups is 1. The molecule has 8 heteroatoms. The van der Waals surface area contributed by atoms with E-state index in [0.717, 1.165) is 18.4 Å². The number of primary sulfonamides is 1. The molecule has 0 aromatic heterocycles. The van der Waals surface area contributed by atoms with Crippen LogP contribution in [-0.4, -0.2) is 34.4 Å². The molecule has 1 aliphatic carbocycles. The highest BCUT2D eigenvalue weighted by atomic mass is 32.2. The molecule has 0 bridgehead atoms. The quantitative estimate of drug-likeness (QED) is 0.811. The first-order chi connectivity index (χ1) is 9.68. The zero-order chi connectivity index (χ0) is 15.7. The Bertz CT molecular complexity index is 696. The van der Waals surface area contributed by atoms with Crippen molar-refractivity contribution in [2.75, 3.05) is 6.26 Å². The van der Waals surface area contributed by atoms with Crippen molar-refractivity contribution in [1.29, 1.82) is 0 Å². The molecule has 2 rings (SSSR count). The Balaban J connectivity index is 2.00. The van der Waals surface area contributed by atoms with Gasteiger partial charge in [0.15, 0.2) is 9.84 Å². The molecule has 0 saturated heterocycles. The molecule has 21 heavy (non-hydrogen) atoms. The van der Waals surface area contributed by atoms with Crippen molar-refractivity contribution < 1.29 is 16.8 Å². The SMILES string of the molecule is CS(=O)(=O)C1CCCC1NCc1ccc(S(N)(=O)=O)cc1. The maximum atomic E-state index is 11.7. The van der Waals surface area contributed by atoms with Gasteiger partial charge < -0.3 is 5.32 Å². The van der Waals surface area contributed by atoms with Gasteiger partial charge in [0.1, 0.15) is 0 Å². The Kier molecular flexibility index (Phi) is 4.72. The van der Waals surface area contributed by atoms with E-state index >= 15 is 0 Å². The van der Waals surface area contributed by atoms with Crippen LogP contribution in [0.25, 0.3) is 0 Å². The number of nitrogens with two attached hydrogens (primary N) is 1. The van der Waals surface area contributed by atoms with Crippen molar-refractivity contribution in [2.45, 2.75) is 42.0 Å². The molecule has 1 saturated carbocycles. The number of nitrogens with one attached hydrogen (secondary N) is 1. The lowest BCUT2D eigenvalue weighted by Gasteiger charge is -2.19. The van der Waals surface area contributed by atoms with Crippen molar-refractivity contribution in [3.8, 4) is 0 Å². The first kappa shape index (κ1) is 16.4. The van der Waals surface area contributed by atoms with Crippen LogP contribution in [0.3, 0.4) is 0 Å². The molecule has 1 aromatic rings. The minimum Gasteiger partial charge on any atom is -0.309 e. The van der Waals surface area contributed by atoms with Crippen LogP contribution < -0.4 is 10.5 Å². The lowest BCUT2D eigenvalue weighted by molar-refractivity contribution is 0.507. The minimum absolute atomic E-state index is 0.0436. The Hall–Kier alpha value is -0.960. The van der Waals surface area contributed by atoms with Gasteiger partial charge in [-0.15, -0.1) is 0 Å². The van der Waals surface area contributed by atoms with Crippen LogP contribution in [0.2, 0.25) is 0 Å².